The highest BCUT2D eigenvalue weighted by molar-refractivity contribution is 5.92. The number of nitrogens with zero attached hydrogens (tertiary/aromatic N) is 1. The molecular formula is C26H28N2O5. The Kier molecular flexibility index (Phi) is 6.77. The largest absolute Gasteiger partial charge is 0.489 e. The van der Waals surface area contributed by atoms with E-state index in [1.165, 1.54) is 5.56 Å². The number of amides is 1. The van der Waals surface area contributed by atoms with Gasteiger partial charge in [-0.3, -0.25) is 4.79 Å². The van der Waals surface area contributed by atoms with Gasteiger partial charge in [-0.15, -0.1) is 0 Å². The third-order valence-electron chi connectivity index (χ3n) is 5.99. The first kappa shape index (κ1) is 22.6. The van der Waals surface area contributed by atoms with Crippen LogP contribution in [0, 0.1) is 13.8 Å². The topological polar surface area (TPSA) is 90.7 Å². The zero-order chi connectivity index (χ0) is 23.4. The van der Waals surface area contributed by atoms with Gasteiger partial charge in [-0.25, -0.2) is 4.79 Å². The summed E-state index contributed by atoms with van der Waals surface area (Å²) < 4.78 is 16.3. The number of aryl methyl sites for hydroxylation is 3. The van der Waals surface area contributed by atoms with Gasteiger partial charge in [-0.05, 0) is 75.4 Å². The summed E-state index contributed by atoms with van der Waals surface area (Å²) in [5, 5.41) is 6.94. The summed E-state index contributed by atoms with van der Waals surface area (Å²) in [6, 6.07) is 14.7. The highest BCUT2D eigenvalue weighted by Gasteiger charge is 2.25. The molecule has 2 aromatic carbocycles. The van der Waals surface area contributed by atoms with Crippen molar-refractivity contribution in [3.8, 4) is 5.75 Å². The Labute approximate surface area is 193 Å². The number of fused-ring (bicyclic) bond motifs is 1. The zero-order valence-electron chi connectivity index (χ0n) is 19.1. The minimum atomic E-state index is -0.901. The van der Waals surface area contributed by atoms with Crippen molar-refractivity contribution in [2.24, 2.45) is 0 Å². The van der Waals surface area contributed by atoms with E-state index in [4.69, 9.17) is 14.0 Å². The minimum absolute atomic E-state index is 0.0577. The van der Waals surface area contributed by atoms with E-state index in [9.17, 15) is 9.59 Å². The molecule has 0 saturated carbocycles. The highest BCUT2D eigenvalue weighted by atomic mass is 16.5. The average molecular weight is 449 g/mol. The van der Waals surface area contributed by atoms with Crippen LogP contribution >= 0.6 is 0 Å². The fourth-order valence-electron chi connectivity index (χ4n) is 4.03. The molecule has 33 heavy (non-hydrogen) atoms. The zero-order valence-corrected chi connectivity index (χ0v) is 19.1. The molecule has 1 N–H and O–H groups in total. The number of rotatable bonds is 7. The molecule has 0 unspecified atom stereocenters. The first-order chi connectivity index (χ1) is 15.9. The molecule has 2 atom stereocenters. The summed E-state index contributed by atoms with van der Waals surface area (Å²) >= 11 is 0. The van der Waals surface area contributed by atoms with E-state index in [2.05, 4.69) is 16.5 Å². The van der Waals surface area contributed by atoms with Crippen molar-refractivity contribution in [3.63, 3.8) is 0 Å². The molecular weight excluding hydrogens is 420 g/mol. The third-order valence-corrected chi connectivity index (χ3v) is 5.99. The second-order valence-electron chi connectivity index (χ2n) is 8.32. The van der Waals surface area contributed by atoms with Crippen LogP contribution in [-0.4, -0.2) is 23.1 Å². The lowest BCUT2D eigenvalue weighted by Gasteiger charge is -2.27. The number of nitrogens with one attached hydrogen (secondary N) is 1. The molecule has 0 saturated heterocycles. The summed E-state index contributed by atoms with van der Waals surface area (Å²) in [6.45, 7) is 5.61. The maximum Gasteiger partial charge on any atom is 0.338 e. The molecule has 1 heterocycles. The van der Waals surface area contributed by atoms with Crippen molar-refractivity contribution in [1.82, 2.24) is 10.5 Å². The van der Waals surface area contributed by atoms with Crippen LogP contribution in [0.4, 0.5) is 0 Å². The standard InChI is InChI=1S/C26H28N2O5/c1-16-23(17(2)33-28-16)15-31-21-13-11-20(12-14-21)26(30)32-18(3)25(29)27-24-10-6-8-19-7-4-5-9-22(19)24/h4-5,7,9,11-14,18,24H,6,8,10,15H2,1-3H3,(H,27,29)/t18-,24-/m0/s1. The van der Waals surface area contributed by atoms with Gasteiger partial charge < -0.3 is 19.3 Å². The van der Waals surface area contributed by atoms with Crippen LogP contribution in [-0.2, 0) is 22.6 Å². The lowest BCUT2D eigenvalue weighted by Crippen LogP contribution is -2.39. The second-order valence-corrected chi connectivity index (χ2v) is 8.32. The van der Waals surface area contributed by atoms with Gasteiger partial charge in [0, 0.05) is 0 Å². The summed E-state index contributed by atoms with van der Waals surface area (Å²) in [6.07, 6.45) is 2.01. The fourth-order valence-corrected chi connectivity index (χ4v) is 4.03. The summed E-state index contributed by atoms with van der Waals surface area (Å²) in [4.78, 5) is 25.2. The Morgan fingerprint density at radius 3 is 2.64 bits per heavy atom. The number of carbonyl (C=O) groups is 2. The number of ether oxygens (including phenoxy) is 2. The minimum Gasteiger partial charge on any atom is -0.489 e. The van der Waals surface area contributed by atoms with E-state index in [0.29, 0.717) is 17.9 Å². The van der Waals surface area contributed by atoms with Crippen molar-refractivity contribution in [3.05, 3.63) is 82.2 Å². The molecule has 1 aliphatic rings. The molecule has 0 spiro atoms. The molecule has 1 amide bonds. The number of hydrogen-bond acceptors (Lipinski definition) is 6. The average Bonchev–Trinajstić information content (AvgIpc) is 3.15. The monoisotopic (exact) mass is 448 g/mol. The van der Waals surface area contributed by atoms with E-state index in [0.717, 1.165) is 41.8 Å². The number of carbonyl (C=O) groups excluding carboxylic acids is 2. The molecule has 4 rings (SSSR count). The molecule has 0 radical (unpaired) electrons. The summed E-state index contributed by atoms with van der Waals surface area (Å²) in [5.41, 5.74) is 4.44. The van der Waals surface area contributed by atoms with Crippen LogP contribution < -0.4 is 10.1 Å². The Hall–Kier alpha value is -3.61. The Bertz CT molecular complexity index is 1120. The molecule has 3 aromatic rings. The predicted molar refractivity (Wildman–Crippen MR) is 122 cm³/mol. The van der Waals surface area contributed by atoms with Crippen molar-refractivity contribution in [1.29, 1.82) is 0 Å². The van der Waals surface area contributed by atoms with Gasteiger partial charge in [0.05, 0.1) is 22.9 Å². The van der Waals surface area contributed by atoms with Crippen molar-refractivity contribution in [2.45, 2.75) is 58.8 Å². The molecule has 0 aliphatic heterocycles. The fraction of sp³-hybridized carbons (Fsp3) is 0.346. The number of hydrogen-bond donors (Lipinski definition) is 1. The van der Waals surface area contributed by atoms with E-state index >= 15 is 0 Å². The van der Waals surface area contributed by atoms with E-state index in [1.807, 2.05) is 32.0 Å². The SMILES string of the molecule is Cc1noc(C)c1COc1ccc(C(=O)O[C@@H](C)C(=O)N[C@H]2CCCc3ccccc32)cc1. The first-order valence-corrected chi connectivity index (χ1v) is 11.2. The van der Waals surface area contributed by atoms with E-state index in [1.54, 1.807) is 31.2 Å². The number of esters is 1. The van der Waals surface area contributed by atoms with Crippen LogP contribution in [0.25, 0.3) is 0 Å². The van der Waals surface area contributed by atoms with Crippen LogP contribution in [0.1, 0.15) is 64.3 Å². The van der Waals surface area contributed by atoms with Gasteiger partial charge >= 0.3 is 5.97 Å². The van der Waals surface area contributed by atoms with Gasteiger partial charge in [-0.1, -0.05) is 29.4 Å². The highest BCUT2D eigenvalue weighted by Crippen LogP contribution is 2.29. The van der Waals surface area contributed by atoms with E-state index < -0.39 is 12.1 Å². The number of aromatic nitrogens is 1. The quantitative estimate of drug-likeness (QED) is 0.531. The van der Waals surface area contributed by atoms with Crippen LogP contribution in [0.5, 0.6) is 5.75 Å². The van der Waals surface area contributed by atoms with Gasteiger partial charge in [0.1, 0.15) is 18.1 Å². The maximum atomic E-state index is 12.7. The molecule has 7 heteroatoms. The Balaban J connectivity index is 1.31. The Morgan fingerprint density at radius 1 is 1.15 bits per heavy atom. The smallest absolute Gasteiger partial charge is 0.338 e. The maximum absolute atomic E-state index is 12.7. The van der Waals surface area contributed by atoms with Crippen LogP contribution in [0.2, 0.25) is 0 Å². The molecule has 0 bridgehead atoms. The van der Waals surface area contributed by atoms with Gasteiger partial charge in [-0.2, -0.15) is 0 Å². The van der Waals surface area contributed by atoms with Crippen molar-refractivity contribution >= 4 is 11.9 Å². The second kappa shape index (κ2) is 9.90. The van der Waals surface area contributed by atoms with Gasteiger partial charge in [0.25, 0.3) is 5.91 Å². The van der Waals surface area contributed by atoms with E-state index in [-0.39, 0.29) is 11.9 Å². The lowest BCUT2D eigenvalue weighted by molar-refractivity contribution is -0.130. The summed E-state index contributed by atoms with van der Waals surface area (Å²) in [7, 11) is 0. The van der Waals surface area contributed by atoms with Crippen molar-refractivity contribution in [2.75, 3.05) is 0 Å². The molecule has 0 fully saturated rings. The Morgan fingerprint density at radius 2 is 1.91 bits per heavy atom. The molecule has 172 valence electrons. The lowest BCUT2D eigenvalue weighted by atomic mass is 9.87. The normalized spacial score (nSPS) is 15.9. The molecule has 1 aliphatic carbocycles. The summed E-state index contributed by atoms with van der Waals surface area (Å²) in [5.74, 6) is 0.466. The number of benzene rings is 2. The predicted octanol–water partition coefficient (Wildman–Crippen LogP) is 4.61. The van der Waals surface area contributed by atoms with Crippen LogP contribution in [0.15, 0.2) is 53.1 Å². The first-order valence-electron chi connectivity index (χ1n) is 11.2. The molecule has 1 aromatic heterocycles. The van der Waals surface area contributed by atoms with Gasteiger partial charge in [0.15, 0.2) is 6.10 Å². The van der Waals surface area contributed by atoms with Crippen molar-refractivity contribution < 1.29 is 23.6 Å². The molecule has 7 nitrogen and oxygen atoms in total. The third kappa shape index (κ3) is 5.25. The van der Waals surface area contributed by atoms with Crippen LogP contribution in [0.3, 0.4) is 0 Å². The van der Waals surface area contributed by atoms with Gasteiger partial charge in [0.2, 0.25) is 0 Å².